The first-order valence-electron chi connectivity index (χ1n) is 19.4. The lowest BCUT2D eigenvalue weighted by Gasteiger charge is -2.14. The molecule has 0 spiro atoms. The van der Waals surface area contributed by atoms with Crippen LogP contribution in [-0.4, -0.2) is 9.13 Å². The van der Waals surface area contributed by atoms with Gasteiger partial charge < -0.3 is 9.13 Å². The molecular weight excluding hydrogens is 677 g/mol. The van der Waals surface area contributed by atoms with E-state index in [1.807, 2.05) is 0 Å². The Kier molecular flexibility index (Phi) is 6.66. The minimum atomic E-state index is 1.16. The van der Waals surface area contributed by atoms with Crippen molar-refractivity contribution in [1.29, 1.82) is 0 Å². The van der Waals surface area contributed by atoms with Crippen molar-refractivity contribution < 1.29 is 0 Å². The number of benzene rings is 10. The molecule has 12 aromatic rings. The van der Waals surface area contributed by atoms with Crippen molar-refractivity contribution in [2.45, 2.75) is 0 Å². The summed E-state index contributed by atoms with van der Waals surface area (Å²) in [5, 5.41) is 12.7. The lowest BCUT2D eigenvalue weighted by molar-refractivity contribution is 1.18. The Morgan fingerprint density at radius 3 is 1.43 bits per heavy atom. The number of fused-ring (bicyclic) bond motifs is 12. The minimum absolute atomic E-state index is 1.16. The van der Waals surface area contributed by atoms with Crippen LogP contribution >= 0.6 is 0 Å². The molecule has 0 N–H and O–H groups in total. The van der Waals surface area contributed by atoms with Gasteiger partial charge in [-0.2, -0.15) is 0 Å². The van der Waals surface area contributed by atoms with Crippen molar-refractivity contribution in [3.63, 3.8) is 0 Å². The first kappa shape index (κ1) is 31.0. The van der Waals surface area contributed by atoms with E-state index in [0.29, 0.717) is 0 Å². The molecule has 0 radical (unpaired) electrons. The van der Waals surface area contributed by atoms with E-state index >= 15 is 0 Å². The summed E-state index contributed by atoms with van der Waals surface area (Å²) in [7, 11) is 0. The Labute approximate surface area is 323 Å². The molecule has 2 heterocycles. The molecule has 0 fully saturated rings. The summed E-state index contributed by atoms with van der Waals surface area (Å²) in [5.41, 5.74) is 12.0. The fourth-order valence-corrected chi connectivity index (χ4v) is 9.43. The highest BCUT2D eigenvalue weighted by Crippen LogP contribution is 2.43. The van der Waals surface area contributed by atoms with E-state index in [1.54, 1.807) is 0 Å². The molecule has 0 saturated heterocycles. The van der Waals surface area contributed by atoms with Gasteiger partial charge in [0.1, 0.15) is 0 Å². The lowest BCUT2D eigenvalue weighted by Crippen LogP contribution is -1.95. The van der Waals surface area contributed by atoms with Gasteiger partial charge in [0.25, 0.3) is 0 Å². The Morgan fingerprint density at radius 1 is 0.232 bits per heavy atom. The quantitative estimate of drug-likeness (QED) is 0.161. The number of hydrogen-bond donors (Lipinski definition) is 0. The van der Waals surface area contributed by atoms with Crippen LogP contribution in [0.15, 0.2) is 206 Å². The Hall–Kier alpha value is -7.42. The Bertz CT molecular complexity index is 3480. The molecule has 0 amide bonds. The van der Waals surface area contributed by atoms with Crippen LogP contribution in [-0.2, 0) is 0 Å². The molecule has 0 saturated carbocycles. The molecule has 0 atom stereocenters. The van der Waals surface area contributed by atoms with Gasteiger partial charge in [0.15, 0.2) is 0 Å². The van der Waals surface area contributed by atoms with Crippen LogP contribution in [0.3, 0.4) is 0 Å². The van der Waals surface area contributed by atoms with Gasteiger partial charge in [0.05, 0.1) is 22.1 Å². The maximum Gasteiger partial charge on any atom is 0.0547 e. The van der Waals surface area contributed by atoms with Crippen LogP contribution in [0, 0.1) is 0 Å². The molecule has 0 bridgehead atoms. The monoisotopic (exact) mass is 710 g/mol. The molecule has 0 aliphatic carbocycles. The number of para-hydroxylation sites is 2. The number of rotatable bonds is 4. The van der Waals surface area contributed by atoms with Gasteiger partial charge in [-0.15, -0.1) is 0 Å². The van der Waals surface area contributed by atoms with Gasteiger partial charge in [0, 0.05) is 32.9 Å². The SMILES string of the molecule is c1ccc(-c2cccc3c2c2cc(-c4ccc5c(c4)c4ccccc4n5-c4ccccc4)ccc2n3-c2ccc3c4ccccc4c4ccccc4c3c2)cc1. The van der Waals surface area contributed by atoms with Crippen molar-refractivity contribution in [2.24, 2.45) is 0 Å². The smallest absolute Gasteiger partial charge is 0.0547 e. The second-order valence-corrected chi connectivity index (χ2v) is 14.9. The van der Waals surface area contributed by atoms with E-state index in [4.69, 9.17) is 0 Å². The largest absolute Gasteiger partial charge is 0.309 e. The zero-order valence-electron chi connectivity index (χ0n) is 30.5. The molecule has 0 aliphatic heterocycles. The van der Waals surface area contributed by atoms with E-state index < -0.39 is 0 Å². The van der Waals surface area contributed by atoms with Crippen molar-refractivity contribution >= 4 is 75.9 Å². The van der Waals surface area contributed by atoms with E-state index in [9.17, 15) is 0 Å². The average Bonchev–Trinajstić information content (AvgIpc) is 3.79. The molecule has 56 heavy (non-hydrogen) atoms. The molecule has 2 aromatic heterocycles. The van der Waals surface area contributed by atoms with Crippen LogP contribution in [0.1, 0.15) is 0 Å². The maximum absolute atomic E-state index is 2.47. The van der Waals surface area contributed by atoms with Crippen molar-refractivity contribution in [1.82, 2.24) is 9.13 Å². The van der Waals surface area contributed by atoms with E-state index in [0.717, 1.165) is 5.69 Å². The van der Waals surface area contributed by atoms with Crippen LogP contribution < -0.4 is 0 Å². The van der Waals surface area contributed by atoms with Crippen molar-refractivity contribution in [3.8, 4) is 33.6 Å². The van der Waals surface area contributed by atoms with Gasteiger partial charge in [-0.3, -0.25) is 0 Å². The van der Waals surface area contributed by atoms with Crippen LogP contribution in [0.5, 0.6) is 0 Å². The average molecular weight is 711 g/mol. The Morgan fingerprint density at radius 2 is 0.732 bits per heavy atom. The molecule has 2 heteroatoms. The number of aromatic nitrogens is 2. The standard InChI is InChI=1S/C54H34N2/c1-3-14-35(15-4-1)40-23-13-25-53-54(40)49-33-37(36-26-30-51-48(32-36)46-22-11-12-24-50(46)55(51)38-16-5-2-6-17-38)27-31-52(49)56(53)39-28-29-45-43-20-8-7-18-41(43)42-19-9-10-21-44(42)47(45)34-39/h1-34H. The van der Waals surface area contributed by atoms with Crippen LogP contribution in [0.4, 0.5) is 0 Å². The number of hydrogen-bond acceptors (Lipinski definition) is 0. The van der Waals surface area contributed by atoms with Gasteiger partial charge in [0.2, 0.25) is 0 Å². The summed E-state index contributed by atoms with van der Waals surface area (Å²) in [6.07, 6.45) is 0. The van der Waals surface area contributed by atoms with Gasteiger partial charge >= 0.3 is 0 Å². The highest BCUT2D eigenvalue weighted by molar-refractivity contribution is 6.26. The maximum atomic E-state index is 2.47. The second-order valence-electron chi connectivity index (χ2n) is 14.9. The van der Waals surface area contributed by atoms with Gasteiger partial charge in [-0.1, -0.05) is 146 Å². The van der Waals surface area contributed by atoms with Crippen LogP contribution in [0.2, 0.25) is 0 Å². The van der Waals surface area contributed by atoms with Crippen LogP contribution in [0.25, 0.3) is 110 Å². The van der Waals surface area contributed by atoms with E-state index in [2.05, 4.69) is 215 Å². The first-order chi connectivity index (χ1) is 27.8. The van der Waals surface area contributed by atoms with E-state index in [-0.39, 0.29) is 0 Å². The molecule has 10 aromatic carbocycles. The fraction of sp³-hybridized carbons (Fsp3) is 0. The third-order valence-corrected chi connectivity index (χ3v) is 11.9. The predicted molar refractivity (Wildman–Crippen MR) is 239 cm³/mol. The minimum Gasteiger partial charge on any atom is -0.309 e. The summed E-state index contributed by atoms with van der Waals surface area (Å²) in [4.78, 5) is 0. The highest BCUT2D eigenvalue weighted by Gasteiger charge is 2.19. The summed E-state index contributed by atoms with van der Waals surface area (Å²) < 4.78 is 4.86. The fourth-order valence-electron chi connectivity index (χ4n) is 9.43. The second kappa shape index (κ2) is 12.0. The van der Waals surface area contributed by atoms with Crippen molar-refractivity contribution in [3.05, 3.63) is 206 Å². The highest BCUT2D eigenvalue weighted by atomic mass is 15.0. The first-order valence-corrected chi connectivity index (χ1v) is 19.4. The molecule has 0 unspecified atom stereocenters. The molecule has 0 aliphatic rings. The third kappa shape index (κ3) is 4.50. The summed E-state index contributed by atoms with van der Waals surface area (Å²) in [6.45, 7) is 0. The van der Waals surface area contributed by atoms with Crippen molar-refractivity contribution in [2.75, 3.05) is 0 Å². The number of nitrogens with zero attached hydrogens (tertiary/aromatic N) is 2. The molecule has 260 valence electrons. The van der Waals surface area contributed by atoms with Gasteiger partial charge in [-0.25, -0.2) is 0 Å². The van der Waals surface area contributed by atoms with E-state index in [1.165, 1.54) is 104 Å². The summed E-state index contributed by atoms with van der Waals surface area (Å²) >= 11 is 0. The lowest BCUT2D eigenvalue weighted by atomic mass is 9.94. The Balaban J connectivity index is 1.12. The summed E-state index contributed by atoms with van der Waals surface area (Å²) in [5.74, 6) is 0. The zero-order chi connectivity index (χ0) is 36.7. The molecule has 2 nitrogen and oxygen atoms in total. The predicted octanol–water partition coefficient (Wildman–Crippen LogP) is 14.7. The van der Waals surface area contributed by atoms with Gasteiger partial charge in [-0.05, 0) is 115 Å². The zero-order valence-corrected chi connectivity index (χ0v) is 30.5. The topological polar surface area (TPSA) is 9.86 Å². The summed E-state index contributed by atoms with van der Waals surface area (Å²) in [6, 6.07) is 75.8. The molecule has 12 rings (SSSR count). The normalized spacial score (nSPS) is 11.9. The third-order valence-electron chi connectivity index (χ3n) is 11.9. The molecular formula is C54H34N2.